The molecule has 0 fully saturated rings. The predicted molar refractivity (Wildman–Crippen MR) is 80.0 cm³/mol. The largest absolute Gasteiger partial charge is 0.381 e. The molecular formula is C16H28N2. The van der Waals surface area contributed by atoms with Crippen molar-refractivity contribution in [2.24, 2.45) is 11.8 Å². The van der Waals surface area contributed by atoms with Crippen molar-refractivity contribution in [2.45, 2.75) is 60.4 Å². The molecule has 1 heterocycles. The van der Waals surface area contributed by atoms with E-state index < -0.39 is 0 Å². The van der Waals surface area contributed by atoms with Crippen molar-refractivity contribution < 1.29 is 0 Å². The average Bonchev–Trinajstić information content (AvgIpc) is 2.20. The topological polar surface area (TPSA) is 24.9 Å². The van der Waals surface area contributed by atoms with Crippen molar-refractivity contribution in [3.8, 4) is 0 Å². The molecule has 1 aromatic heterocycles. The maximum absolute atomic E-state index is 4.52. The van der Waals surface area contributed by atoms with Crippen LogP contribution in [0.4, 0.5) is 5.69 Å². The minimum atomic E-state index is 0.549. The summed E-state index contributed by atoms with van der Waals surface area (Å²) < 4.78 is 0. The van der Waals surface area contributed by atoms with Gasteiger partial charge in [-0.15, -0.1) is 0 Å². The summed E-state index contributed by atoms with van der Waals surface area (Å²) in [5.41, 5.74) is 3.38. The highest BCUT2D eigenvalue weighted by molar-refractivity contribution is 5.48. The average molecular weight is 248 g/mol. The van der Waals surface area contributed by atoms with E-state index in [9.17, 15) is 0 Å². The molecule has 0 unspecified atom stereocenters. The zero-order valence-corrected chi connectivity index (χ0v) is 12.7. The number of aryl methyl sites for hydroxylation is 2. The Morgan fingerprint density at radius 1 is 1.00 bits per heavy atom. The van der Waals surface area contributed by atoms with E-state index >= 15 is 0 Å². The lowest BCUT2D eigenvalue weighted by atomic mass is 9.95. The van der Waals surface area contributed by atoms with E-state index in [1.807, 2.05) is 6.92 Å². The number of anilines is 1. The summed E-state index contributed by atoms with van der Waals surface area (Å²) >= 11 is 0. The molecule has 1 N–H and O–H groups in total. The maximum atomic E-state index is 4.52. The van der Waals surface area contributed by atoms with Crippen molar-refractivity contribution in [1.82, 2.24) is 4.98 Å². The fourth-order valence-electron chi connectivity index (χ4n) is 2.41. The number of pyridine rings is 1. The van der Waals surface area contributed by atoms with Crippen LogP contribution in [-0.4, -0.2) is 11.0 Å². The SMILES string of the molecule is Cc1ccc(NC(CC(C)C)CC(C)C)c(C)n1. The third kappa shape index (κ3) is 5.07. The van der Waals surface area contributed by atoms with Gasteiger partial charge in [0.2, 0.25) is 0 Å². The Hall–Kier alpha value is -1.05. The van der Waals surface area contributed by atoms with E-state index in [1.54, 1.807) is 0 Å². The minimum Gasteiger partial charge on any atom is -0.381 e. The third-order valence-corrected chi connectivity index (χ3v) is 3.10. The van der Waals surface area contributed by atoms with Gasteiger partial charge in [0.15, 0.2) is 0 Å². The second kappa shape index (κ2) is 6.77. The molecule has 0 saturated carbocycles. The first-order valence-corrected chi connectivity index (χ1v) is 7.09. The normalized spacial score (nSPS) is 11.6. The molecule has 0 aliphatic carbocycles. The van der Waals surface area contributed by atoms with Crippen LogP contribution >= 0.6 is 0 Å². The summed E-state index contributed by atoms with van der Waals surface area (Å²) in [6.45, 7) is 13.3. The monoisotopic (exact) mass is 248 g/mol. The number of nitrogens with zero attached hydrogens (tertiary/aromatic N) is 1. The van der Waals surface area contributed by atoms with Crippen LogP contribution in [0, 0.1) is 25.7 Å². The standard InChI is InChI=1S/C16H28N2/c1-11(2)9-15(10-12(3)4)18-16-8-7-13(5)17-14(16)6/h7-8,11-12,15,18H,9-10H2,1-6H3. The Morgan fingerprint density at radius 2 is 1.56 bits per heavy atom. The van der Waals surface area contributed by atoms with Crippen LogP contribution in [0.2, 0.25) is 0 Å². The van der Waals surface area contributed by atoms with Crippen molar-refractivity contribution in [2.75, 3.05) is 5.32 Å². The van der Waals surface area contributed by atoms with Crippen LogP contribution in [0.5, 0.6) is 0 Å². The summed E-state index contributed by atoms with van der Waals surface area (Å²) in [5.74, 6) is 1.44. The molecular weight excluding hydrogens is 220 g/mol. The second-order valence-corrected chi connectivity index (χ2v) is 6.19. The fourth-order valence-corrected chi connectivity index (χ4v) is 2.41. The van der Waals surface area contributed by atoms with E-state index in [4.69, 9.17) is 0 Å². The van der Waals surface area contributed by atoms with Gasteiger partial charge < -0.3 is 5.32 Å². The first kappa shape index (κ1) is 15.0. The van der Waals surface area contributed by atoms with Crippen LogP contribution in [-0.2, 0) is 0 Å². The lowest BCUT2D eigenvalue weighted by molar-refractivity contribution is 0.442. The Kier molecular flexibility index (Phi) is 5.64. The molecule has 0 atom stereocenters. The van der Waals surface area contributed by atoms with E-state index in [0.29, 0.717) is 6.04 Å². The predicted octanol–water partition coefficient (Wildman–Crippen LogP) is 4.57. The van der Waals surface area contributed by atoms with E-state index in [1.165, 1.54) is 18.5 Å². The summed E-state index contributed by atoms with van der Waals surface area (Å²) in [4.78, 5) is 4.52. The quantitative estimate of drug-likeness (QED) is 0.797. The molecule has 0 radical (unpaired) electrons. The molecule has 0 aliphatic heterocycles. The Labute approximate surface area is 112 Å². The molecule has 0 amide bonds. The molecule has 2 nitrogen and oxygen atoms in total. The van der Waals surface area contributed by atoms with Crippen LogP contribution in [0.15, 0.2) is 12.1 Å². The molecule has 2 heteroatoms. The van der Waals surface area contributed by atoms with Crippen molar-refractivity contribution in [1.29, 1.82) is 0 Å². The van der Waals surface area contributed by atoms with Gasteiger partial charge in [-0.2, -0.15) is 0 Å². The van der Waals surface area contributed by atoms with Crippen molar-refractivity contribution in [3.63, 3.8) is 0 Å². The van der Waals surface area contributed by atoms with Crippen LogP contribution in [0.25, 0.3) is 0 Å². The first-order valence-electron chi connectivity index (χ1n) is 7.09. The van der Waals surface area contributed by atoms with Crippen molar-refractivity contribution in [3.05, 3.63) is 23.5 Å². The summed E-state index contributed by atoms with van der Waals surface area (Å²) in [6, 6.07) is 4.79. The molecule has 0 bridgehead atoms. The van der Waals surface area contributed by atoms with Gasteiger partial charge in [0.25, 0.3) is 0 Å². The van der Waals surface area contributed by atoms with Gasteiger partial charge in [0, 0.05) is 11.7 Å². The molecule has 1 aromatic rings. The van der Waals surface area contributed by atoms with Gasteiger partial charge in [0.05, 0.1) is 11.4 Å². The van der Waals surface area contributed by atoms with Crippen LogP contribution in [0.3, 0.4) is 0 Å². The molecule has 18 heavy (non-hydrogen) atoms. The molecule has 0 aliphatic rings. The Morgan fingerprint density at radius 3 is 2.00 bits per heavy atom. The zero-order chi connectivity index (χ0) is 13.7. The van der Waals surface area contributed by atoms with E-state index in [-0.39, 0.29) is 0 Å². The van der Waals surface area contributed by atoms with E-state index in [0.717, 1.165) is 23.2 Å². The Balaban J connectivity index is 2.75. The third-order valence-electron chi connectivity index (χ3n) is 3.10. The van der Waals surface area contributed by atoms with Gasteiger partial charge in [-0.1, -0.05) is 27.7 Å². The minimum absolute atomic E-state index is 0.549. The smallest absolute Gasteiger partial charge is 0.0606 e. The molecule has 102 valence electrons. The number of rotatable bonds is 6. The van der Waals surface area contributed by atoms with Gasteiger partial charge in [0.1, 0.15) is 0 Å². The summed E-state index contributed by atoms with van der Waals surface area (Å²) in [7, 11) is 0. The molecule has 0 saturated heterocycles. The van der Waals surface area contributed by atoms with Crippen molar-refractivity contribution >= 4 is 5.69 Å². The summed E-state index contributed by atoms with van der Waals surface area (Å²) in [6.07, 6.45) is 2.43. The van der Waals surface area contributed by atoms with Gasteiger partial charge >= 0.3 is 0 Å². The highest BCUT2D eigenvalue weighted by Crippen LogP contribution is 2.20. The maximum Gasteiger partial charge on any atom is 0.0606 e. The van der Waals surface area contributed by atoms with Gasteiger partial charge in [-0.25, -0.2) is 0 Å². The van der Waals surface area contributed by atoms with Crippen LogP contribution in [0.1, 0.15) is 51.9 Å². The number of aromatic nitrogens is 1. The number of nitrogens with one attached hydrogen (secondary N) is 1. The van der Waals surface area contributed by atoms with Crippen LogP contribution < -0.4 is 5.32 Å². The highest BCUT2D eigenvalue weighted by atomic mass is 14.9. The highest BCUT2D eigenvalue weighted by Gasteiger charge is 2.13. The number of hydrogen-bond donors (Lipinski definition) is 1. The van der Waals surface area contributed by atoms with Gasteiger partial charge in [-0.05, 0) is 50.7 Å². The molecule has 0 spiro atoms. The first-order chi connectivity index (χ1) is 8.38. The zero-order valence-electron chi connectivity index (χ0n) is 12.7. The summed E-state index contributed by atoms with van der Waals surface area (Å²) in [5, 5.41) is 3.67. The number of hydrogen-bond acceptors (Lipinski definition) is 2. The lowest BCUT2D eigenvalue weighted by Crippen LogP contribution is -2.24. The molecule has 0 aromatic carbocycles. The Bertz CT molecular complexity index is 359. The lowest BCUT2D eigenvalue weighted by Gasteiger charge is -2.24. The molecule has 1 rings (SSSR count). The second-order valence-electron chi connectivity index (χ2n) is 6.19. The van der Waals surface area contributed by atoms with E-state index in [2.05, 4.69) is 57.1 Å². The fraction of sp³-hybridized carbons (Fsp3) is 0.688. The van der Waals surface area contributed by atoms with Gasteiger partial charge in [-0.3, -0.25) is 4.98 Å².